The summed E-state index contributed by atoms with van der Waals surface area (Å²) in [5.41, 5.74) is 4.23. The monoisotopic (exact) mass is 423 g/mol. The number of hydrogen-bond acceptors (Lipinski definition) is 7. The van der Waals surface area contributed by atoms with E-state index in [-0.39, 0.29) is 5.56 Å². The number of nitrogens with zero attached hydrogens (tertiary/aromatic N) is 4. The SMILES string of the molecule is CCc1cccc(C)c1Nc1nnc(SCc2nc3ccccc3c(=O)n2C)s1. The Balaban J connectivity index is 1.52. The Morgan fingerprint density at radius 2 is 1.97 bits per heavy atom. The maximum absolute atomic E-state index is 12.5. The number of nitrogens with one attached hydrogen (secondary N) is 1. The second-order valence-electron chi connectivity index (χ2n) is 6.66. The van der Waals surface area contributed by atoms with E-state index in [4.69, 9.17) is 0 Å². The van der Waals surface area contributed by atoms with Crippen molar-refractivity contribution in [2.24, 2.45) is 7.05 Å². The number of para-hydroxylation sites is 2. The molecule has 6 nitrogen and oxygen atoms in total. The third-order valence-corrected chi connectivity index (χ3v) is 6.75. The number of aromatic nitrogens is 4. The van der Waals surface area contributed by atoms with Crippen LogP contribution in [0.2, 0.25) is 0 Å². The lowest BCUT2D eigenvalue weighted by Crippen LogP contribution is -2.21. The van der Waals surface area contributed by atoms with Crippen molar-refractivity contribution in [2.45, 2.75) is 30.4 Å². The molecule has 4 rings (SSSR count). The first-order valence-corrected chi connectivity index (χ1v) is 11.1. The Bertz CT molecular complexity index is 1230. The van der Waals surface area contributed by atoms with Crippen LogP contribution in [-0.2, 0) is 19.2 Å². The molecule has 0 spiro atoms. The fourth-order valence-electron chi connectivity index (χ4n) is 3.15. The average molecular weight is 424 g/mol. The Morgan fingerprint density at radius 3 is 2.79 bits per heavy atom. The highest BCUT2D eigenvalue weighted by Gasteiger charge is 2.12. The largest absolute Gasteiger partial charge is 0.330 e. The van der Waals surface area contributed by atoms with Crippen molar-refractivity contribution in [3.05, 3.63) is 69.8 Å². The molecule has 0 atom stereocenters. The van der Waals surface area contributed by atoms with Crippen molar-refractivity contribution in [2.75, 3.05) is 5.32 Å². The van der Waals surface area contributed by atoms with Crippen LogP contribution in [0.3, 0.4) is 0 Å². The average Bonchev–Trinajstić information content (AvgIpc) is 3.18. The van der Waals surface area contributed by atoms with Crippen molar-refractivity contribution in [3.63, 3.8) is 0 Å². The molecule has 0 aliphatic carbocycles. The van der Waals surface area contributed by atoms with Gasteiger partial charge in [0.25, 0.3) is 5.56 Å². The van der Waals surface area contributed by atoms with E-state index in [0.717, 1.165) is 32.9 Å². The topological polar surface area (TPSA) is 72.7 Å². The molecule has 0 amide bonds. The first kappa shape index (κ1) is 19.6. The van der Waals surface area contributed by atoms with Gasteiger partial charge in [0.1, 0.15) is 5.82 Å². The van der Waals surface area contributed by atoms with Gasteiger partial charge in [-0.1, -0.05) is 60.4 Å². The van der Waals surface area contributed by atoms with Crippen LogP contribution < -0.4 is 10.9 Å². The van der Waals surface area contributed by atoms with E-state index in [0.29, 0.717) is 11.1 Å². The Kier molecular flexibility index (Phi) is 5.64. The molecule has 29 heavy (non-hydrogen) atoms. The van der Waals surface area contributed by atoms with E-state index in [1.807, 2.05) is 18.2 Å². The second-order valence-corrected chi connectivity index (χ2v) is 8.86. The predicted molar refractivity (Wildman–Crippen MR) is 120 cm³/mol. The summed E-state index contributed by atoms with van der Waals surface area (Å²) in [6, 6.07) is 13.7. The quantitative estimate of drug-likeness (QED) is 0.454. The zero-order valence-corrected chi connectivity index (χ0v) is 18.1. The van der Waals surface area contributed by atoms with Gasteiger partial charge in [-0.2, -0.15) is 0 Å². The van der Waals surface area contributed by atoms with Gasteiger partial charge in [-0.25, -0.2) is 4.98 Å². The normalized spacial score (nSPS) is 11.1. The smallest absolute Gasteiger partial charge is 0.261 e. The minimum absolute atomic E-state index is 0.0301. The fourth-order valence-corrected chi connectivity index (χ4v) is 4.89. The molecule has 8 heteroatoms. The zero-order chi connectivity index (χ0) is 20.4. The Morgan fingerprint density at radius 1 is 1.14 bits per heavy atom. The summed E-state index contributed by atoms with van der Waals surface area (Å²) in [7, 11) is 1.76. The second kappa shape index (κ2) is 8.34. The van der Waals surface area contributed by atoms with Crippen LogP contribution in [0, 0.1) is 6.92 Å². The summed E-state index contributed by atoms with van der Waals surface area (Å²) in [5, 5.41) is 13.4. The lowest BCUT2D eigenvalue weighted by atomic mass is 10.1. The molecule has 2 aromatic heterocycles. The third kappa shape index (κ3) is 4.04. The molecule has 0 aliphatic heterocycles. The first-order valence-electron chi connectivity index (χ1n) is 9.33. The van der Waals surface area contributed by atoms with Gasteiger partial charge < -0.3 is 5.32 Å². The lowest BCUT2D eigenvalue weighted by Gasteiger charge is -2.11. The molecule has 148 valence electrons. The summed E-state index contributed by atoms with van der Waals surface area (Å²) >= 11 is 3.04. The van der Waals surface area contributed by atoms with Crippen molar-refractivity contribution in [3.8, 4) is 0 Å². The van der Waals surface area contributed by atoms with Crippen molar-refractivity contribution in [1.29, 1.82) is 0 Å². The molecule has 1 N–H and O–H groups in total. The van der Waals surface area contributed by atoms with Crippen LogP contribution in [-0.4, -0.2) is 19.7 Å². The molecular formula is C21H21N5OS2. The van der Waals surface area contributed by atoms with Gasteiger partial charge in [0.05, 0.1) is 16.7 Å². The van der Waals surface area contributed by atoms with Gasteiger partial charge in [0, 0.05) is 12.7 Å². The minimum Gasteiger partial charge on any atom is -0.330 e. The molecule has 0 fully saturated rings. The van der Waals surface area contributed by atoms with Crippen molar-refractivity contribution in [1.82, 2.24) is 19.7 Å². The van der Waals surface area contributed by atoms with Crippen LogP contribution in [0.5, 0.6) is 0 Å². The molecule has 0 radical (unpaired) electrons. The number of rotatable bonds is 6. The molecule has 2 aromatic carbocycles. The summed E-state index contributed by atoms with van der Waals surface area (Å²) in [6.07, 6.45) is 0.950. The van der Waals surface area contributed by atoms with Crippen LogP contribution in [0.15, 0.2) is 51.6 Å². The zero-order valence-electron chi connectivity index (χ0n) is 16.5. The van der Waals surface area contributed by atoms with Gasteiger partial charge in [-0.15, -0.1) is 10.2 Å². The van der Waals surface area contributed by atoms with Crippen LogP contribution in [0.4, 0.5) is 10.8 Å². The fraction of sp³-hybridized carbons (Fsp3) is 0.238. The summed E-state index contributed by atoms with van der Waals surface area (Å²) in [4.78, 5) is 17.2. The van der Waals surface area contributed by atoms with Gasteiger partial charge in [0.2, 0.25) is 5.13 Å². The summed E-state index contributed by atoms with van der Waals surface area (Å²) in [6.45, 7) is 4.23. The number of aryl methyl sites for hydroxylation is 2. The Hall–Kier alpha value is -2.71. The molecule has 0 bridgehead atoms. The molecule has 2 heterocycles. The number of anilines is 2. The van der Waals surface area contributed by atoms with Gasteiger partial charge in [-0.3, -0.25) is 9.36 Å². The minimum atomic E-state index is -0.0301. The van der Waals surface area contributed by atoms with E-state index in [9.17, 15) is 4.79 Å². The lowest BCUT2D eigenvalue weighted by molar-refractivity contribution is 0.785. The first-order chi connectivity index (χ1) is 14.1. The predicted octanol–water partition coefficient (Wildman–Crippen LogP) is 4.69. The van der Waals surface area contributed by atoms with E-state index in [1.54, 1.807) is 17.7 Å². The maximum atomic E-state index is 12.5. The Labute approximate surface area is 177 Å². The van der Waals surface area contributed by atoms with E-state index in [2.05, 4.69) is 52.5 Å². The van der Waals surface area contributed by atoms with Crippen LogP contribution >= 0.6 is 23.1 Å². The number of hydrogen-bond donors (Lipinski definition) is 1. The number of thioether (sulfide) groups is 1. The highest BCUT2D eigenvalue weighted by Crippen LogP contribution is 2.31. The highest BCUT2D eigenvalue weighted by atomic mass is 32.2. The molecule has 4 aromatic rings. The molecule has 0 saturated heterocycles. The summed E-state index contributed by atoms with van der Waals surface area (Å²) < 4.78 is 2.44. The van der Waals surface area contributed by atoms with Crippen molar-refractivity contribution < 1.29 is 0 Å². The van der Waals surface area contributed by atoms with E-state index in [1.165, 1.54) is 34.2 Å². The summed E-state index contributed by atoms with van der Waals surface area (Å²) in [5.74, 6) is 1.27. The van der Waals surface area contributed by atoms with Gasteiger partial charge >= 0.3 is 0 Å². The number of fused-ring (bicyclic) bond motifs is 1. The van der Waals surface area contributed by atoms with Gasteiger partial charge in [0.15, 0.2) is 4.34 Å². The van der Waals surface area contributed by atoms with E-state index >= 15 is 0 Å². The molecule has 0 aliphatic rings. The molecular weight excluding hydrogens is 402 g/mol. The van der Waals surface area contributed by atoms with Crippen LogP contribution in [0.25, 0.3) is 10.9 Å². The third-order valence-electron chi connectivity index (χ3n) is 4.78. The van der Waals surface area contributed by atoms with Crippen molar-refractivity contribution >= 4 is 44.8 Å². The van der Waals surface area contributed by atoms with E-state index < -0.39 is 0 Å². The maximum Gasteiger partial charge on any atom is 0.261 e. The number of benzene rings is 2. The van der Waals surface area contributed by atoms with Crippen LogP contribution in [0.1, 0.15) is 23.9 Å². The standard InChI is InChI=1S/C21H21N5OS2/c1-4-14-9-7-8-13(2)18(14)23-20-24-25-21(29-20)28-12-17-22-16-11-6-5-10-15(16)19(27)26(17)3/h5-11H,4,12H2,1-3H3,(H,23,24). The molecule has 0 saturated carbocycles. The van der Waals surface area contributed by atoms with Gasteiger partial charge in [-0.05, 0) is 36.6 Å². The highest BCUT2D eigenvalue weighted by molar-refractivity contribution is 8.00. The molecule has 0 unspecified atom stereocenters.